The van der Waals surface area contributed by atoms with Crippen LogP contribution in [0.2, 0.25) is 0 Å². The molecule has 6 heteroatoms. The molecule has 4 nitrogen and oxygen atoms in total. The molecule has 0 fully saturated rings. The van der Waals surface area contributed by atoms with Crippen molar-refractivity contribution >= 4 is 15.7 Å². The first-order valence-electron chi connectivity index (χ1n) is 6.45. The van der Waals surface area contributed by atoms with E-state index in [4.69, 9.17) is 0 Å². The maximum Gasteiger partial charge on any atom is 0.262 e. The average molecular weight is 308 g/mol. The van der Waals surface area contributed by atoms with E-state index in [9.17, 15) is 12.8 Å². The lowest BCUT2D eigenvalue weighted by molar-refractivity contribution is 0.594. The summed E-state index contributed by atoms with van der Waals surface area (Å²) in [5, 5.41) is 3.00. The maximum atomic E-state index is 13.3. The molecule has 0 spiro atoms. The number of sulfonamides is 1. The van der Waals surface area contributed by atoms with E-state index in [1.807, 2.05) is 13.1 Å². The normalized spacial score (nSPS) is 11.4. The number of aryl methyl sites for hydroxylation is 1. The van der Waals surface area contributed by atoms with Crippen LogP contribution >= 0.6 is 0 Å². The van der Waals surface area contributed by atoms with Gasteiger partial charge in [-0.3, -0.25) is 4.72 Å². The SMILES string of the molecule is CNCc1cccc(NS(=O)(=O)c2cc(F)ccc2C)c1. The molecule has 0 aliphatic heterocycles. The van der Waals surface area contributed by atoms with Gasteiger partial charge in [0.2, 0.25) is 0 Å². The number of hydrogen-bond donors (Lipinski definition) is 2. The van der Waals surface area contributed by atoms with Crippen molar-refractivity contribution in [2.75, 3.05) is 11.8 Å². The average Bonchev–Trinajstić information content (AvgIpc) is 2.42. The summed E-state index contributed by atoms with van der Waals surface area (Å²) < 4.78 is 40.5. The van der Waals surface area contributed by atoms with Gasteiger partial charge in [0.15, 0.2) is 0 Å². The molecule has 0 aromatic heterocycles. The van der Waals surface area contributed by atoms with Gasteiger partial charge in [-0.05, 0) is 49.4 Å². The minimum Gasteiger partial charge on any atom is -0.316 e. The zero-order valence-corrected chi connectivity index (χ0v) is 12.7. The molecule has 2 aromatic rings. The molecule has 0 saturated heterocycles. The van der Waals surface area contributed by atoms with Crippen molar-refractivity contribution in [3.8, 4) is 0 Å². The number of nitrogens with one attached hydrogen (secondary N) is 2. The monoisotopic (exact) mass is 308 g/mol. The molecule has 112 valence electrons. The van der Waals surface area contributed by atoms with Crippen LogP contribution in [0.4, 0.5) is 10.1 Å². The summed E-state index contributed by atoms with van der Waals surface area (Å²) in [7, 11) is -2.00. The third-order valence-corrected chi connectivity index (χ3v) is 4.52. The number of hydrogen-bond acceptors (Lipinski definition) is 3. The molecule has 0 radical (unpaired) electrons. The smallest absolute Gasteiger partial charge is 0.262 e. The van der Waals surface area contributed by atoms with Gasteiger partial charge in [0.05, 0.1) is 4.90 Å². The van der Waals surface area contributed by atoms with Crippen LogP contribution in [-0.4, -0.2) is 15.5 Å². The van der Waals surface area contributed by atoms with Gasteiger partial charge in [-0.15, -0.1) is 0 Å². The van der Waals surface area contributed by atoms with Crippen LogP contribution in [0.25, 0.3) is 0 Å². The van der Waals surface area contributed by atoms with E-state index in [0.717, 1.165) is 11.6 Å². The van der Waals surface area contributed by atoms with E-state index in [1.54, 1.807) is 25.1 Å². The molecule has 21 heavy (non-hydrogen) atoms. The summed E-state index contributed by atoms with van der Waals surface area (Å²) in [5.41, 5.74) is 1.90. The number of halogens is 1. The fourth-order valence-corrected chi connectivity index (χ4v) is 3.33. The summed E-state index contributed by atoms with van der Waals surface area (Å²) in [4.78, 5) is -0.0541. The van der Waals surface area contributed by atoms with Gasteiger partial charge in [-0.1, -0.05) is 18.2 Å². The Morgan fingerprint density at radius 3 is 2.62 bits per heavy atom. The standard InChI is InChI=1S/C15H17FN2O2S/c1-11-6-7-13(16)9-15(11)21(19,20)18-14-5-3-4-12(8-14)10-17-2/h3-9,17-18H,10H2,1-2H3. The van der Waals surface area contributed by atoms with Gasteiger partial charge in [0.25, 0.3) is 10.0 Å². The summed E-state index contributed by atoms with van der Waals surface area (Å²) in [5.74, 6) is -0.579. The quantitative estimate of drug-likeness (QED) is 0.893. The first-order chi connectivity index (χ1) is 9.92. The van der Waals surface area contributed by atoms with Gasteiger partial charge in [0, 0.05) is 12.2 Å². The molecule has 2 rings (SSSR count). The lowest BCUT2D eigenvalue weighted by Crippen LogP contribution is -2.15. The Balaban J connectivity index is 2.33. The van der Waals surface area contributed by atoms with Crippen molar-refractivity contribution in [3.05, 3.63) is 59.4 Å². The Morgan fingerprint density at radius 1 is 1.14 bits per heavy atom. The Hall–Kier alpha value is -1.92. The molecule has 0 amide bonds. The Morgan fingerprint density at radius 2 is 1.90 bits per heavy atom. The third kappa shape index (κ3) is 3.80. The van der Waals surface area contributed by atoms with E-state index < -0.39 is 15.8 Å². The summed E-state index contributed by atoms with van der Waals surface area (Å²) in [6.45, 7) is 2.26. The second-order valence-corrected chi connectivity index (χ2v) is 6.40. The predicted molar refractivity (Wildman–Crippen MR) is 81.2 cm³/mol. The van der Waals surface area contributed by atoms with E-state index in [0.29, 0.717) is 17.8 Å². The molecule has 0 unspecified atom stereocenters. The molecule has 0 bridgehead atoms. The highest BCUT2D eigenvalue weighted by atomic mass is 32.2. The molecular formula is C15H17FN2O2S. The van der Waals surface area contributed by atoms with Crippen LogP contribution in [-0.2, 0) is 16.6 Å². The molecule has 2 aromatic carbocycles. The van der Waals surface area contributed by atoms with Crippen LogP contribution in [0.1, 0.15) is 11.1 Å². The van der Waals surface area contributed by atoms with Crippen LogP contribution in [0.5, 0.6) is 0 Å². The highest BCUT2D eigenvalue weighted by molar-refractivity contribution is 7.92. The van der Waals surface area contributed by atoms with Crippen LogP contribution in [0.15, 0.2) is 47.4 Å². The van der Waals surface area contributed by atoms with Crippen molar-refractivity contribution in [1.29, 1.82) is 0 Å². The highest BCUT2D eigenvalue weighted by Crippen LogP contribution is 2.21. The first-order valence-corrected chi connectivity index (χ1v) is 7.93. The van der Waals surface area contributed by atoms with Gasteiger partial charge < -0.3 is 5.32 Å². The first kappa shape index (κ1) is 15.5. The number of benzene rings is 2. The zero-order chi connectivity index (χ0) is 15.5. The van der Waals surface area contributed by atoms with Crippen LogP contribution in [0, 0.1) is 12.7 Å². The predicted octanol–water partition coefficient (Wildman–Crippen LogP) is 2.65. The molecular weight excluding hydrogens is 291 g/mol. The van der Waals surface area contributed by atoms with Gasteiger partial charge >= 0.3 is 0 Å². The van der Waals surface area contributed by atoms with E-state index in [1.165, 1.54) is 12.1 Å². The van der Waals surface area contributed by atoms with Gasteiger partial charge in [-0.25, -0.2) is 12.8 Å². The lowest BCUT2D eigenvalue weighted by Gasteiger charge is -2.11. The second-order valence-electron chi connectivity index (χ2n) is 4.75. The van der Waals surface area contributed by atoms with Crippen molar-refractivity contribution in [2.24, 2.45) is 0 Å². The summed E-state index contributed by atoms with van der Waals surface area (Å²) in [6, 6.07) is 10.8. The van der Waals surface area contributed by atoms with Crippen molar-refractivity contribution in [3.63, 3.8) is 0 Å². The third-order valence-electron chi connectivity index (χ3n) is 3.00. The van der Waals surface area contributed by atoms with E-state index >= 15 is 0 Å². The fourth-order valence-electron chi connectivity index (χ4n) is 2.02. The van der Waals surface area contributed by atoms with Gasteiger partial charge in [0.1, 0.15) is 5.82 Å². The Kier molecular flexibility index (Phi) is 4.59. The van der Waals surface area contributed by atoms with E-state index in [2.05, 4.69) is 10.0 Å². The molecule has 0 aliphatic rings. The maximum absolute atomic E-state index is 13.3. The second kappa shape index (κ2) is 6.24. The summed E-state index contributed by atoms with van der Waals surface area (Å²) >= 11 is 0. The highest BCUT2D eigenvalue weighted by Gasteiger charge is 2.17. The van der Waals surface area contributed by atoms with Crippen molar-refractivity contribution in [2.45, 2.75) is 18.4 Å². The van der Waals surface area contributed by atoms with Crippen LogP contribution < -0.4 is 10.0 Å². The van der Waals surface area contributed by atoms with Gasteiger partial charge in [-0.2, -0.15) is 0 Å². The molecule has 0 heterocycles. The number of anilines is 1. The lowest BCUT2D eigenvalue weighted by atomic mass is 10.2. The van der Waals surface area contributed by atoms with Crippen molar-refractivity contribution < 1.29 is 12.8 Å². The minimum atomic E-state index is -3.81. The number of rotatable bonds is 5. The molecule has 0 saturated carbocycles. The Bertz CT molecular complexity index is 745. The summed E-state index contributed by atoms with van der Waals surface area (Å²) in [6.07, 6.45) is 0. The van der Waals surface area contributed by atoms with Crippen LogP contribution in [0.3, 0.4) is 0 Å². The minimum absolute atomic E-state index is 0.0541. The zero-order valence-electron chi connectivity index (χ0n) is 11.9. The molecule has 0 aliphatic carbocycles. The topological polar surface area (TPSA) is 58.2 Å². The van der Waals surface area contributed by atoms with E-state index in [-0.39, 0.29) is 4.90 Å². The van der Waals surface area contributed by atoms with Crippen molar-refractivity contribution in [1.82, 2.24) is 5.32 Å². The molecule has 2 N–H and O–H groups in total. The fraction of sp³-hybridized carbons (Fsp3) is 0.200. The largest absolute Gasteiger partial charge is 0.316 e. The Labute approximate surface area is 124 Å². The molecule has 0 atom stereocenters.